The number of aromatic nitrogens is 1. The molecule has 3 aliphatic heterocycles. The lowest BCUT2D eigenvalue weighted by Gasteiger charge is -2.42. The highest BCUT2D eigenvalue weighted by Gasteiger charge is 2.54. The van der Waals surface area contributed by atoms with E-state index in [-0.39, 0.29) is 59.3 Å². The highest BCUT2D eigenvalue weighted by atomic mass is 28.4. The molecule has 10 nitrogen and oxygen atoms in total. The summed E-state index contributed by atoms with van der Waals surface area (Å²) in [5, 5.41) is 7.11. The molecule has 0 saturated carbocycles. The summed E-state index contributed by atoms with van der Waals surface area (Å²) >= 11 is 0. The van der Waals surface area contributed by atoms with Crippen LogP contribution in [0.15, 0.2) is 64.7 Å². The van der Waals surface area contributed by atoms with Crippen molar-refractivity contribution in [1.82, 2.24) is 14.8 Å². The van der Waals surface area contributed by atoms with Gasteiger partial charge in [0.15, 0.2) is 25.4 Å². The van der Waals surface area contributed by atoms with Crippen LogP contribution in [0.2, 0.25) is 18.1 Å². The van der Waals surface area contributed by atoms with Crippen molar-refractivity contribution in [2.45, 2.75) is 95.9 Å². The summed E-state index contributed by atoms with van der Waals surface area (Å²) in [6.45, 7) is 13.1. The molecule has 1 spiro atoms. The molecular weight excluding hydrogens is 663 g/mol. The van der Waals surface area contributed by atoms with Crippen LogP contribution in [0.1, 0.15) is 85.0 Å². The maximum absolute atomic E-state index is 14.4. The second-order valence-corrected chi connectivity index (χ2v) is 19.9. The first-order valence-electron chi connectivity index (χ1n) is 17.0. The number of hydrogen-bond donors (Lipinski definition) is 1. The van der Waals surface area contributed by atoms with Crippen molar-refractivity contribution in [3.05, 3.63) is 99.0 Å². The smallest absolute Gasteiger partial charge is 0.274 e. The number of carbonyl (C=O) groups is 2. The van der Waals surface area contributed by atoms with Crippen LogP contribution >= 0.6 is 0 Å². The van der Waals surface area contributed by atoms with Crippen LogP contribution in [-0.4, -0.2) is 60.1 Å². The first-order chi connectivity index (χ1) is 23.6. The molecule has 2 amide bonds. The lowest BCUT2D eigenvalue weighted by atomic mass is 9.84. The highest BCUT2D eigenvalue weighted by molar-refractivity contribution is 6.74. The number of hydrogen-bond acceptors (Lipinski definition) is 7. The highest BCUT2D eigenvalue weighted by Crippen LogP contribution is 2.47. The lowest BCUT2D eigenvalue weighted by molar-refractivity contribution is -0.0656. The summed E-state index contributed by atoms with van der Waals surface area (Å²) in [5.41, 5.74) is -0.343. The third-order valence-corrected chi connectivity index (χ3v) is 15.2. The van der Waals surface area contributed by atoms with Gasteiger partial charge in [-0.05, 0) is 49.5 Å². The van der Waals surface area contributed by atoms with E-state index in [9.17, 15) is 23.2 Å². The Morgan fingerprint density at radius 2 is 1.86 bits per heavy atom. The van der Waals surface area contributed by atoms with E-state index in [1.165, 1.54) is 12.3 Å². The monoisotopic (exact) mass is 706 g/mol. The van der Waals surface area contributed by atoms with Crippen molar-refractivity contribution >= 4 is 25.8 Å². The zero-order chi connectivity index (χ0) is 36.0. The minimum Gasteiger partial charge on any atom is -0.483 e. The van der Waals surface area contributed by atoms with E-state index in [4.69, 9.17) is 14.0 Å². The van der Waals surface area contributed by atoms with Crippen molar-refractivity contribution in [2.24, 2.45) is 5.16 Å². The molecule has 3 aromatic rings. The number of carbonyl (C=O) groups excluding carboxylic acids is 2. The first kappa shape index (κ1) is 35.5. The van der Waals surface area contributed by atoms with Crippen molar-refractivity contribution < 1.29 is 32.4 Å². The normalized spacial score (nSPS) is 21.7. The van der Waals surface area contributed by atoms with Gasteiger partial charge < -0.3 is 28.8 Å². The third kappa shape index (κ3) is 6.72. The van der Waals surface area contributed by atoms with Crippen LogP contribution in [0.4, 0.5) is 8.78 Å². The minimum absolute atomic E-state index is 0.00706. The summed E-state index contributed by atoms with van der Waals surface area (Å²) in [6, 6.07) is 11.5. The lowest BCUT2D eigenvalue weighted by Crippen LogP contribution is -2.52. The fourth-order valence-electron chi connectivity index (χ4n) is 6.53. The van der Waals surface area contributed by atoms with Gasteiger partial charge in [0.2, 0.25) is 5.43 Å². The van der Waals surface area contributed by atoms with Gasteiger partial charge >= 0.3 is 0 Å². The SMILES string of the molecule is C[C@H]1CC[C@]2(CC(CO[Si](C)(C)C(C)(C)C)=NO2)[C@H]2CN1C(=O)c1c(OCc3ccccc3)c(=O)c(C(=O)NCc3ccc(F)cc3F)cn12. The Bertz CT molecular complexity index is 1890. The number of benzene rings is 2. The number of halogens is 2. The molecular formula is C37H44F2N4O6Si. The van der Waals surface area contributed by atoms with Crippen molar-refractivity contribution in [2.75, 3.05) is 13.2 Å². The first-order valence-corrected chi connectivity index (χ1v) is 19.9. The number of amides is 2. The van der Waals surface area contributed by atoms with Gasteiger partial charge in [-0.25, -0.2) is 8.78 Å². The Morgan fingerprint density at radius 1 is 1.12 bits per heavy atom. The van der Waals surface area contributed by atoms with Crippen LogP contribution in [0, 0.1) is 11.6 Å². The predicted molar refractivity (Wildman–Crippen MR) is 187 cm³/mol. The van der Waals surface area contributed by atoms with Gasteiger partial charge in [0.1, 0.15) is 23.8 Å². The van der Waals surface area contributed by atoms with E-state index in [1.807, 2.05) is 37.3 Å². The molecule has 3 aliphatic rings. The molecule has 0 aliphatic carbocycles. The fourth-order valence-corrected chi connectivity index (χ4v) is 7.49. The zero-order valence-electron chi connectivity index (χ0n) is 29.3. The van der Waals surface area contributed by atoms with Gasteiger partial charge in [0.25, 0.3) is 11.8 Å². The van der Waals surface area contributed by atoms with Crippen molar-refractivity contribution in [3.63, 3.8) is 0 Å². The molecule has 6 rings (SSSR count). The van der Waals surface area contributed by atoms with Crippen molar-refractivity contribution in [3.8, 4) is 5.75 Å². The largest absolute Gasteiger partial charge is 0.483 e. The van der Waals surface area contributed by atoms with Crippen molar-refractivity contribution in [1.29, 1.82) is 0 Å². The molecule has 266 valence electrons. The third-order valence-electron chi connectivity index (χ3n) is 10.7. The summed E-state index contributed by atoms with van der Waals surface area (Å²) in [6.07, 6.45) is 3.02. The second kappa shape index (κ2) is 13.4. The molecule has 13 heteroatoms. The topological polar surface area (TPSA) is 111 Å². The average Bonchev–Trinajstić information content (AvgIpc) is 3.44. The second-order valence-electron chi connectivity index (χ2n) is 15.0. The van der Waals surface area contributed by atoms with E-state index >= 15 is 0 Å². The molecule has 1 aromatic heterocycles. The van der Waals surface area contributed by atoms with Crippen LogP contribution in [0.3, 0.4) is 0 Å². The Labute approximate surface area is 291 Å². The van der Waals surface area contributed by atoms with E-state index in [0.29, 0.717) is 25.9 Å². The van der Waals surface area contributed by atoms with E-state index in [2.05, 4.69) is 44.3 Å². The molecule has 1 N–H and O–H groups in total. The quantitative estimate of drug-likeness (QED) is 0.260. The summed E-state index contributed by atoms with van der Waals surface area (Å²) in [4.78, 5) is 50.1. The Balaban J connectivity index is 1.39. The number of fused-ring (bicyclic) bond motifs is 5. The number of oxime groups is 1. The van der Waals surface area contributed by atoms with Crippen LogP contribution in [0.5, 0.6) is 5.75 Å². The molecule has 2 bridgehead atoms. The van der Waals surface area contributed by atoms with E-state index in [0.717, 1.165) is 23.4 Å². The van der Waals surface area contributed by atoms with Crippen LogP contribution < -0.4 is 15.5 Å². The maximum atomic E-state index is 14.4. The number of nitrogens with one attached hydrogen (secondary N) is 1. The number of rotatable bonds is 9. The van der Waals surface area contributed by atoms with Gasteiger partial charge in [-0.3, -0.25) is 14.4 Å². The summed E-state index contributed by atoms with van der Waals surface area (Å²) in [5.74, 6) is -3.00. The molecule has 3 atom stereocenters. The number of pyridine rings is 1. The number of ether oxygens (including phenoxy) is 1. The minimum atomic E-state index is -2.09. The molecule has 0 radical (unpaired) electrons. The van der Waals surface area contributed by atoms with Gasteiger partial charge in [0, 0.05) is 43.4 Å². The summed E-state index contributed by atoms with van der Waals surface area (Å²) < 4.78 is 42.2. The zero-order valence-corrected chi connectivity index (χ0v) is 30.3. The predicted octanol–water partition coefficient (Wildman–Crippen LogP) is 6.35. The molecule has 0 unspecified atom stereocenters. The van der Waals surface area contributed by atoms with Crippen LogP contribution in [0.25, 0.3) is 0 Å². The maximum Gasteiger partial charge on any atom is 0.274 e. The van der Waals surface area contributed by atoms with E-state index in [1.54, 1.807) is 9.47 Å². The molecule has 4 heterocycles. The van der Waals surface area contributed by atoms with E-state index < -0.39 is 42.9 Å². The molecule has 50 heavy (non-hydrogen) atoms. The fraction of sp³-hybridized carbons (Fsp3) is 0.459. The van der Waals surface area contributed by atoms with Gasteiger partial charge in [-0.1, -0.05) is 62.3 Å². The van der Waals surface area contributed by atoms with Crippen LogP contribution in [-0.2, 0) is 22.4 Å². The Hall–Kier alpha value is -4.36. The number of nitrogens with zero attached hydrogens (tertiary/aromatic N) is 3. The molecule has 2 aromatic carbocycles. The van der Waals surface area contributed by atoms with Gasteiger partial charge in [-0.2, -0.15) is 0 Å². The average molecular weight is 707 g/mol. The van der Waals surface area contributed by atoms with Gasteiger partial charge in [0.05, 0.1) is 18.4 Å². The summed E-state index contributed by atoms with van der Waals surface area (Å²) in [7, 11) is -2.09. The van der Waals surface area contributed by atoms with Gasteiger partial charge in [-0.15, -0.1) is 0 Å². The standard InChI is InChI=1S/C37H44F2N4O6Si/c1-23-14-15-37(17-27(41-49-37)22-48-50(5,6)36(2,3)4)30-20-42(23)35(46)31-33(47-21-24-10-8-7-9-11-24)32(44)28(19-43(30)31)34(45)40-18-25-12-13-26(38)16-29(25)39/h7-13,16,19,23,30H,14-15,17-18,20-22H2,1-6H3,(H,40,45)/t23-,30+,37-/m0/s1. The Morgan fingerprint density at radius 3 is 2.56 bits per heavy atom. The molecule has 1 fully saturated rings. The Kier molecular flexibility index (Phi) is 9.51. The molecule has 1 saturated heterocycles.